The minimum Gasteiger partial charge on any atom is -0.345 e. The highest BCUT2D eigenvalue weighted by atomic mass is 15.3. The van der Waals surface area contributed by atoms with Crippen molar-refractivity contribution in [3.8, 4) is 0 Å². The SMILES string of the molecule is CC1C=Nc2[nH]ccc2N1/C=N\N. The summed E-state index contributed by atoms with van der Waals surface area (Å²) in [7, 11) is 0. The van der Waals surface area contributed by atoms with E-state index >= 15 is 0 Å². The Hall–Kier alpha value is -1.78. The minimum absolute atomic E-state index is 0.190. The smallest absolute Gasteiger partial charge is 0.153 e. The topological polar surface area (TPSA) is 69.8 Å². The molecule has 1 unspecified atom stereocenters. The summed E-state index contributed by atoms with van der Waals surface area (Å²) in [6.45, 7) is 2.03. The Labute approximate surface area is 76.0 Å². The molecule has 5 nitrogen and oxygen atoms in total. The summed E-state index contributed by atoms with van der Waals surface area (Å²) in [6, 6.07) is 2.14. The van der Waals surface area contributed by atoms with Crippen LogP contribution in [0.1, 0.15) is 6.92 Å². The summed E-state index contributed by atoms with van der Waals surface area (Å²) in [5.41, 5.74) is 1.00. The van der Waals surface area contributed by atoms with Gasteiger partial charge in [-0.05, 0) is 13.0 Å². The Bertz CT molecular complexity index is 351. The number of hydrogen-bond acceptors (Lipinski definition) is 3. The first-order valence-electron chi connectivity index (χ1n) is 4.06. The van der Waals surface area contributed by atoms with E-state index in [-0.39, 0.29) is 6.04 Å². The van der Waals surface area contributed by atoms with Crippen molar-refractivity contribution in [2.24, 2.45) is 15.9 Å². The fraction of sp³-hybridized carbons (Fsp3) is 0.250. The maximum absolute atomic E-state index is 5.12. The van der Waals surface area contributed by atoms with Gasteiger partial charge >= 0.3 is 0 Å². The van der Waals surface area contributed by atoms with Crippen molar-refractivity contribution in [3.63, 3.8) is 0 Å². The van der Waals surface area contributed by atoms with E-state index < -0.39 is 0 Å². The quantitative estimate of drug-likeness (QED) is 0.288. The second kappa shape index (κ2) is 2.93. The Kier molecular flexibility index (Phi) is 1.77. The third-order valence-electron chi connectivity index (χ3n) is 2.03. The standard InChI is InChI=1S/C8H11N5/c1-6-4-11-8-7(2-3-10-8)13(6)5-12-9/h2-6,10H,9H2,1H3/b12-5-. The number of aromatic amines is 1. The molecule has 0 saturated heterocycles. The fourth-order valence-corrected chi connectivity index (χ4v) is 1.38. The number of nitrogens with two attached hydrogens (primary N) is 1. The molecule has 0 aromatic carbocycles. The normalized spacial score (nSPS) is 21.0. The molecule has 5 heteroatoms. The molecular weight excluding hydrogens is 166 g/mol. The van der Waals surface area contributed by atoms with Crippen molar-refractivity contribution in [3.05, 3.63) is 12.3 Å². The summed E-state index contributed by atoms with van der Waals surface area (Å²) in [5, 5.41) is 3.51. The first-order valence-corrected chi connectivity index (χ1v) is 4.06. The third-order valence-corrected chi connectivity index (χ3v) is 2.03. The lowest BCUT2D eigenvalue weighted by atomic mass is 10.2. The highest BCUT2D eigenvalue weighted by Crippen LogP contribution is 2.30. The average Bonchev–Trinajstić information content (AvgIpc) is 2.58. The van der Waals surface area contributed by atoms with Crippen LogP contribution in [-0.2, 0) is 0 Å². The van der Waals surface area contributed by atoms with Crippen molar-refractivity contribution in [1.82, 2.24) is 4.98 Å². The van der Waals surface area contributed by atoms with Crippen molar-refractivity contribution >= 4 is 24.1 Å². The molecule has 0 saturated carbocycles. The maximum atomic E-state index is 5.12. The number of rotatable bonds is 1. The molecule has 1 aliphatic heterocycles. The van der Waals surface area contributed by atoms with E-state index in [1.54, 1.807) is 6.34 Å². The zero-order valence-corrected chi connectivity index (χ0v) is 7.31. The van der Waals surface area contributed by atoms with E-state index in [1.807, 2.05) is 30.3 Å². The van der Waals surface area contributed by atoms with E-state index in [0.29, 0.717) is 0 Å². The Balaban J connectivity index is 2.42. The fourth-order valence-electron chi connectivity index (χ4n) is 1.38. The van der Waals surface area contributed by atoms with Gasteiger partial charge in [0.2, 0.25) is 0 Å². The van der Waals surface area contributed by atoms with Crippen LogP contribution in [0.25, 0.3) is 0 Å². The number of aliphatic imine (C=N–C) groups is 1. The van der Waals surface area contributed by atoms with Crippen LogP contribution in [0.15, 0.2) is 22.4 Å². The van der Waals surface area contributed by atoms with Gasteiger partial charge in [0.05, 0.1) is 11.7 Å². The molecule has 1 aromatic rings. The highest BCUT2D eigenvalue weighted by molar-refractivity contribution is 5.94. The molecule has 1 aliphatic rings. The number of hydrogen-bond donors (Lipinski definition) is 2. The van der Waals surface area contributed by atoms with Crippen LogP contribution in [-0.4, -0.2) is 23.6 Å². The number of nitrogens with zero attached hydrogens (tertiary/aromatic N) is 3. The van der Waals surface area contributed by atoms with Crippen LogP contribution in [0, 0.1) is 0 Å². The summed E-state index contributed by atoms with van der Waals surface area (Å²) in [4.78, 5) is 9.22. The van der Waals surface area contributed by atoms with E-state index in [9.17, 15) is 0 Å². The summed E-state index contributed by atoms with van der Waals surface area (Å²) in [6.07, 6.45) is 5.29. The van der Waals surface area contributed by atoms with Crippen molar-refractivity contribution in [2.45, 2.75) is 13.0 Å². The van der Waals surface area contributed by atoms with Crippen LogP contribution >= 0.6 is 0 Å². The molecule has 2 heterocycles. The maximum Gasteiger partial charge on any atom is 0.153 e. The number of aromatic nitrogens is 1. The van der Waals surface area contributed by atoms with Gasteiger partial charge < -0.3 is 15.7 Å². The van der Waals surface area contributed by atoms with Gasteiger partial charge in [0.1, 0.15) is 6.34 Å². The predicted octanol–water partition coefficient (Wildman–Crippen LogP) is 0.828. The molecular formula is C8H11N5. The molecule has 68 valence electrons. The largest absolute Gasteiger partial charge is 0.345 e. The van der Waals surface area contributed by atoms with Gasteiger partial charge in [0, 0.05) is 12.4 Å². The average molecular weight is 177 g/mol. The second-order valence-corrected chi connectivity index (χ2v) is 2.90. The van der Waals surface area contributed by atoms with E-state index in [2.05, 4.69) is 15.1 Å². The molecule has 0 bridgehead atoms. The second-order valence-electron chi connectivity index (χ2n) is 2.90. The number of hydrazone groups is 1. The van der Waals surface area contributed by atoms with Crippen molar-refractivity contribution in [1.29, 1.82) is 0 Å². The van der Waals surface area contributed by atoms with Gasteiger partial charge in [-0.15, -0.1) is 0 Å². The first-order chi connectivity index (χ1) is 6.33. The third kappa shape index (κ3) is 1.18. The Morgan fingerprint density at radius 3 is 3.38 bits per heavy atom. The minimum atomic E-state index is 0.190. The van der Waals surface area contributed by atoms with Gasteiger partial charge in [0.25, 0.3) is 0 Å². The number of fused-ring (bicyclic) bond motifs is 1. The zero-order chi connectivity index (χ0) is 9.26. The van der Waals surface area contributed by atoms with Crippen LogP contribution in [0.5, 0.6) is 0 Å². The molecule has 1 atom stereocenters. The van der Waals surface area contributed by atoms with Crippen LogP contribution < -0.4 is 10.7 Å². The van der Waals surface area contributed by atoms with Crippen molar-refractivity contribution < 1.29 is 0 Å². The van der Waals surface area contributed by atoms with E-state index in [4.69, 9.17) is 5.84 Å². The van der Waals surface area contributed by atoms with Gasteiger partial charge in [0.15, 0.2) is 5.82 Å². The van der Waals surface area contributed by atoms with Gasteiger partial charge in [-0.25, -0.2) is 4.99 Å². The molecule has 0 radical (unpaired) electrons. The highest BCUT2D eigenvalue weighted by Gasteiger charge is 2.19. The lowest BCUT2D eigenvalue weighted by Gasteiger charge is -2.26. The molecule has 0 amide bonds. The molecule has 0 fully saturated rings. The molecule has 1 aromatic heterocycles. The molecule has 2 rings (SSSR count). The number of anilines is 1. The first kappa shape index (κ1) is 7.85. The van der Waals surface area contributed by atoms with Crippen LogP contribution in [0.2, 0.25) is 0 Å². The van der Waals surface area contributed by atoms with Gasteiger partial charge in [-0.2, -0.15) is 5.10 Å². The molecule has 13 heavy (non-hydrogen) atoms. The Morgan fingerprint density at radius 2 is 2.62 bits per heavy atom. The van der Waals surface area contributed by atoms with E-state index in [1.165, 1.54) is 0 Å². The zero-order valence-electron chi connectivity index (χ0n) is 7.31. The molecule has 0 aliphatic carbocycles. The summed E-state index contributed by atoms with van der Waals surface area (Å²) in [5.74, 6) is 5.97. The molecule has 0 spiro atoms. The van der Waals surface area contributed by atoms with E-state index in [0.717, 1.165) is 11.5 Å². The Morgan fingerprint density at radius 1 is 1.77 bits per heavy atom. The monoisotopic (exact) mass is 177 g/mol. The van der Waals surface area contributed by atoms with Crippen molar-refractivity contribution in [2.75, 3.05) is 4.90 Å². The van der Waals surface area contributed by atoms with Gasteiger partial charge in [-0.1, -0.05) is 0 Å². The summed E-state index contributed by atoms with van der Waals surface area (Å²) < 4.78 is 0. The lowest BCUT2D eigenvalue weighted by molar-refractivity contribution is 0.937. The summed E-state index contributed by atoms with van der Waals surface area (Å²) >= 11 is 0. The lowest BCUT2D eigenvalue weighted by Crippen LogP contribution is -2.34. The van der Waals surface area contributed by atoms with Crippen LogP contribution in [0.4, 0.5) is 11.5 Å². The predicted molar refractivity (Wildman–Crippen MR) is 53.6 cm³/mol. The number of H-pyrrole nitrogens is 1. The van der Waals surface area contributed by atoms with Gasteiger partial charge in [-0.3, -0.25) is 0 Å². The number of nitrogens with one attached hydrogen (secondary N) is 1. The van der Waals surface area contributed by atoms with Crippen LogP contribution in [0.3, 0.4) is 0 Å². The molecule has 3 N–H and O–H groups in total.